The van der Waals surface area contributed by atoms with Crippen molar-refractivity contribution in [1.29, 1.82) is 0 Å². The summed E-state index contributed by atoms with van der Waals surface area (Å²) >= 11 is 3.16. The van der Waals surface area contributed by atoms with Crippen molar-refractivity contribution >= 4 is 34.9 Å². The highest BCUT2D eigenvalue weighted by atomic mass is 32.2. The molecule has 0 radical (unpaired) electrons. The maximum absolute atomic E-state index is 13.6. The van der Waals surface area contributed by atoms with Crippen LogP contribution in [0.5, 0.6) is 11.5 Å². The molecule has 6 nitrogen and oxygen atoms in total. The summed E-state index contributed by atoms with van der Waals surface area (Å²) in [6.07, 6.45) is 1.47. The zero-order chi connectivity index (χ0) is 26.6. The molecule has 0 aliphatic rings. The Labute approximate surface area is 228 Å². The Morgan fingerprint density at radius 1 is 0.919 bits per heavy atom. The van der Waals surface area contributed by atoms with E-state index >= 15 is 0 Å². The van der Waals surface area contributed by atoms with Gasteiger partial charge >= 0.3 is 0 Å². The van der Waals surface area contributed by atoms with E-state index in [2.05, 4.69) is 18.4 Å². The largest absolute Gasteiger partial charge is 0.493 e. The molecule has 3 aromatic rings. The molecule has 0 aliphatic carbocycles. The fourth-order valence-electron chi connectivity index (χ4n) is 3.91. The van der Waals surface area contributed by atoms with E-state index in [4.69, 9.17) is 9.47 Å². The second kappa shape index (κ2) is 14.7. The number of amides is 2. The number of hydrogen-bond donors (Lipinski definition) is 0. The summed E-state index contributed by atoms with van der Waals surface area (Å²) in [4.78, 5) is 32.4. The zero-order valence-corrected chi connectivity index (χ0v) is 23.7. The van der Waals surface area contributed by atoms with Gasteiger partial charge < -0.3 is 19.3 Å². The number of aryl methyl sites for hydroxylation is 1. The first kappa shape index (κ1) is 28.6. The highest BCUT2D eigenvalue weighted by Gasteiger charge is 2.22. The van der Waals surface area contributed by atoms with E-state index in [-0.39, 0.29) is 18.4 Å². The van der Waals surface area contributed by atoms with Crippen molar-refractivity contribution < 1.29 is 19.1 Å². The van der Waals surface area contributed by atoms with E-state index < -0.39 is 0 Å². The minimum atomic E-state index is -0.0419. The Bertz CT molecular complexity index is 1150. The smallest absolute Gasteiger partial charge is 0.242 e. The monoisotopic (exact) mass is 540 g/mol. The highest BCUT2D eigenvalue weighted by Crippen LogP contribution is 2.28. The fraction of sp³-hybridized carbons (Fsp3) is 0.379. The van der Waals surface area contributed by atoms with E-state index in [1.54, 1.807) is 30.5 Å². The van der Waals surface area contributed by atoms with Gasteiger partial charge in [-0.3, -0.25) is 9.59 Å². The van der Waals surface area contributed by atoms with Gasteiger partial charge in [0.2, 0.25) is 11.8 Å². The van der Waals surface area contributed by atoms with Crippen molar-refractivity contribution in [1.82, 2.24) is 9.80 Å². The molecule has 0 atom stereocenters. The molecule has 8 heteroatoms. The Morgan fingerprint density at radius 2 is 1.68 bits per heavy atom. The summed E-state index contributed by atoms with van der Waals surface area (Å²) in [5.41, 5.74) is 2.23. The summed E-state index contributed by atoms with van der Waals surface area (Å²) in [6, 6.07) is 17.8. The predicted molar refractivity (Wildman–Crippen MR) is 152 cm³/mol. The van der Waals surface area contributed by atoms with E-state index in [1.807, 2.05) is 60.4 Å². The van der Waals surface area contributed by atoms with Crippen LogP contribution in [-0.2, 0) is 22.6 Å². The lowest BCUT2D eigenvalue weighted by Gasteiger charge is -2.28. The topological polar surface area (TPSA) is 59.1 Å². The van der Waals surface area contributed by atoms with Crippen molar-refractivity contribution in [3.63, 3.8) is 0 Å². The van der Waals surface area contributed by atoms with E-state index in [9.17, 15) is 9.59 Å². The Balaban J connectivity index is 1.70. The number of carbonyl (C=O) groups excluding carboxylic acids is 2. The number of thioether (sulfide) groups is 1. The lowest BCUT2D eigenvalue weighted by molar-refractivity contribution is -0.139. The van der Waals surface area contributed by atoms with Gasteiger partial charge in [0.1, 0.15) is 0 Å². The molecule has 3 rings (SSSR count). The first-order valence-corrected chi connectivity index (χ1v) is 14.3. The Kier molecular flexibility index (Phi) is 11.4. The molecule has 0 bridgehead atoms. The van der Waals surface area contributed by atoms with Crippen molar-refractivity contribution in [2.45, 2.75) is 38.1 Å². The lowest BCUT2D eigenvalue weighted by Crippen LogP contribution is -2.44. The summed E-state index contributed by atoms with van der Waals surface area (Å²) in [5, 5.41) is 2.05. The van der Waals surface area contributed by atoms with Crippen LogP contribution in [0.2, 0.25) is 0 Å². The van der Waals surface area contributed by atoms with Crippen LogP contribution in [-0.4, -0.2) is 61.2 Å². The van der Waals surface area contributed by atoms with Gasteiger partial charge in [0.15, 0.2) is 11.5 Å². The van der Waals surface area contributed by atoms with Crippen molar-refractivity contribution in [2.24, 2.45) is 0 Å². The van der Waals surface area contributed by atoms with Crippen LogP contribution in [0.25, 0.3) is 0 Å². The number of benzene rings is 2. The highest BCUT2D eigenvalue weighted by molar-refractivity contribution is 8.00. The van der Waals surface area contributed by atoms with Crippen LogP contribution in [0.4, 0.5) is 0 Å². The molecule has 0 spiro atoms. The first-order chi connectivity index (χ1) is 17.9. The van der Waals surface area contributed by atoms with Crippen LogP contribution >= 0.6 is 23.1 Å². The standard InChI is InChI=1S/C29H36N2O4S2/c1-5-15-30(29(33)21-37-24-9-7-6-8-10-24)20-28(32)31(19-27-22(2)14-17-36-27)16-13-23-11-12-25(34-3)26(18-23)35-4/h6-12,14,17-18H,5,13,15-16,19-21H2,1-4H3. The van der Waals surface area contributed by atoms with Gasteiger partial charge in [-0.05, 0) is 66.6 Å². The minimum absolute atomic E-state index is 0.0174. The number of thiophene rings is 1. The minimum Gasteiger partial charge on any atom is -0.493 e. The zero-order valence-electron chi connectivity index (χ0n) is 22.1. The van der Waals surface area contributed by atoms with Crippen molar-refractivity contribution in [3.05, 3.63) is 76.0 Å². The average molecular weight is 541 g/mol. The van der Waals surface area contributed by atoms with Crippen molar-refractivity contribution in [3.8, 4) is 11.5 Å². The number of rotatable bonds is 14. The number of carbonyl (C=O) groups is 2. The average Bonchev–Trinajstić information content (AvgIpc) is 3.33. The van der Waals surface area contributed by atoms with Crippen molar-refractivity contribution in [2.75, 3.05) is 39.6 Å². The molecule has 0 aliphatic heterocycles. The molecule has 0 saturated heterocycles. The molecule has 1 heterocycles. The molecule has 0 unspecified atom stereocenters. The third-order valence-corrected chi connectivity index (χ3v) is 8.06. The molecule has 0 N–H and O–H groups in total. The molecule has 0 fully saturated rings. The summed E-state index contributed by atoms with van der Waals surface area (Å²) in [7, 11) is 3.23. The van der Waals surface area contributed by atoms with Gasteiger partial charge in [0.25, 0.3) is 0 Å². The van der Waals surface area contributed by atoms with Gasteiger partial charge in [-0.25, -0.2) is 0 Å². The second-order valence-electron chi connectivity index (χ2n) is 8.70. The van der Waals surface area contributed by atoms with Gasteiger partial charge in [-0.2, -0.15) is 0 Å². The van der Waals surface area contributed by atoms with Crippen LogP contribution < -0.4 is 9.47 Å². The van der Waals surface area contributed by atoms with E-state index in [0.29, 0.717) is 43.3 Å². The first-order valence-electron chi connectivity index (χ1n) is 12.4. The van der Waals surface area contributed by atoms with Gasteiger partial charge in [0, 0.05) is 22.9 Å². The molecular weight excluding hydrogens is 504 g/mol. The molecular formula is C29H36N2O4S2. The maximum atomic E-state index is 13.6. The van der Waals surface area contributed by atoms with Gasteiger partial charge in [-0.1, -0.05) is 31.2 Å². The Hall–Kier alpha value is -2.97. The Morgan fingerprint density at radius 3 is 2.32 bits per heavy atom. The second-order valence-corrected chi connectivity index (χ2v) is 10.7. The molecule has 198 valence electrons. The number of methoxy groups -OCH3 is 2. The molecule has 0 saturated carbocycles. The normalized spacial score (nSPS) is 10.7. The molecule has 2 amide bonds. The third-order valence-electron chi connectivity index (χ3n) is 6.05. The molecule has 2 aromatic carbocycles. The van der Waals surface area contributed by atoms with Gasteiger partial charge in [-0.15, -0.1) is 23.1 Å². The predicted octanol–water partition coefficient (Wildman–Crippen LogP) is 5.68. The fourth-order valence-corrected chi connectivity index (χ4v) is 5.65. The van der Waals surface area contributed by atoms with Gasteiger partial charge in [0.05, 0.1) is 33.1 Å². The number of ether oxygens (including phenoxy) is 2. The maximum Gasteiger partial charge on any atom is 0.242 e. The SMILES string of the molecule is CCCN(CC(=O)N(CCc1ccc(OC)c(OC)c1)Cc1sccc1C)C(=O)CSc1ccccc1. The van der Waals surface area contributed by atoms with Crippen LogP contribution in [0, 0.1) is 6.92 Å². The number of nitrogens with zero attached hydrogens (tertiary/aromatic N) is 2. The van der Waals surface area contributed by atoms with E-state index in [0.717, 1.165) is 21.8 Å². The summed E-state index contributed by atoms with van der Waals surface area (Å²) in [6.45, 7) is 5.80. The summed E-state index contributed by atoms with van der Waals surface area (Å²) in [5.74, 6) is 1.60. The van der Waals surface area contributed by atoms with Crippen LogP contribution in [0.15, 0.2) is 64.9 Å². The quantitative estimate of drug-likeness (QED) is 0.246. The van der Waals surface area contributed by atoms with E-state index in [1.165, 1.54) is 17.3 Å². The molecule has 1 aromatic heterocycles. The third kappa shape index (κ3) is 8.54. The lowest BCUT2D eigenvalue weighted by atomic mass is 10.1. The summed E-state index contributed by atoms with van der Waals surface area (Å²) < 4.78 is 10.8. The van der Waals surface area contributed by atoms with Crippen LogP contribution in [0.3, 0.4) is 0 Å². The molecule has 37 heavy (non-hydrogen) atoms. The van der Waals surface area contributed by atoms with Crippen LogP contribution in [0.1, 0.15) is 29.3 Å². The number of hydrogen-bond acceptors (Lipinski definition) is 6.